The summed E-state index contributed by atoms with van der Waals surface area (Å²) in [6.45, 7) is 13.3. The fourth-order valence-corrected chi connectivity index (χ4v) is 10.3. The van der Waals surface area contributed by atoms with Crippen molar-refractivity contribution in [2.75, 3.05) is 13.2 Å². The summed E-state index contributed by atoms with van der Waals surface area (Å²) in [5, 5.41) is 11.1. The first-order valence-electron chi connectivity index (χ1n) is 13.7. The standard InChI is InChI=1S/C29H39ClO6/c1-14(2)21-6-18-9-27(12-31)22-8-23(30)16(4)20(22)10-28(18,29(21,27)26(32)33)13-35-24-7-19-15(3)11-34-25(19)17(5)36-24/h6,12,14,16-20,22-25H,3,7-11,13H2,1-2,4-5H3,(H,32,33)/t16?,17?,18?,19?,20?,22?,23?,24?,25?,27-,28+,29-/m0/s1. The van der Waals surface area contributed by atoms with Crippen LogP contribution in [0.15, 0.2) is 23.8 Å². The minimum atomic E-state index is -1.27. The molecule has 0 aromatic rings. The highest BCUT2D eigenvalue weighted by atomic mass is 35.5. The quantitative estimate of drug-likeness (QED) is 0.307. The van der Waals surface area contributed by atoms with Crippen molar-refractivity contribution in [3.05, 3.63) is 23.8 Å². The number of aldehydes is 1. The van der Waals surface area contributed by atoms with Crippen LogP contribution in [0.3, 0.4) is 0 Å². The summed E-state index contributed by atoms with van der Waals surface area (Å²) in [4.78, 5) is 26.8. The molecule has 7 heteroatoms. The van der Waals surface area contributed by atoms with Gasteiger partial charge in [0, 0.05) is 23.1 Å². The van der Waals surface area contributed by atoms with Crippen molar-refractivity contribution in [1.82, 2.24) is 0 Å². The van der Waals surface area contributed by atoms with E-state index in [0.717, 1.165) is 17.4 Å². The van der Waals surface area contributed by atoms with E-state index in [9.17, 15) is 14.7 Å². The molecule has 0 radical (unpaired) electrons. The molecule has 6 aliphatic rings. The number of hydrogen-bond acceptors (Lipinski definition) is 5. The second-order valence-corrected chi connectivity index (χ2v) is 13.5. The number of carbonyl (C=O) groups excluding carboxylic acids is 1. The first kappa shape index (κ1) is 25.1. The summed E-state index contributed by atoms with van der Waals surface area (Å²) in [7, 11) is 0. The highest BCUT2D eigenvalue weighted by molar-refractivity contribution is 6.21. The molecule has 2 saturated heterocycles. The fraction of sp³-hybridized carbons (Fsp3) is 0.793. The van der Waals surface area contributed by atoms with E-state index < -0.39 is 28.5 Å². The minimum absolute atomic E-state index is 0.00380. The van der Waals surface area contributed by atoms with Crippen LogP contribution in [0.1, 0.15) is 53.4 Å². The van der Waals surface area contributed by atoms with E-state index in [1.54, 1.807) is 0 Å². The third-order valence-electron chi connectivity index (χ3n) is 11.4. The molecular weight excluding hydrogens is 480 g/mol. The predicted molar refractivity (Wildman–Crippen MR) is 134 cm³/mol. The maximum absolute atomic E-state index is 13.6. The summed E-state index contributed by atoms with van der Waals surface area (Å²) < 4.78 is 18.7. The van der Waals surface area contributed by atoms with Crippen molar-refractivity contribution in [2.24, 2.45) is 51.8 Å². The van der Waals surface area contributed by atoms with E-state index in [-0.39, 0.29) is 59.7 Å². The van der Waals surface area contributed by atoms with Gasteiger partial charge in [0.2, 0.25) is 0 Å². The average Bonchev–Trinajstić information content (AvgIpc) is 3.49. The van der Waals surface area contributed by atoms with Gasteiger partial charge in [0.1, 0.15) is 11.7 Å². The zero-order chi connectivity index (χ0) is 25.8. The molecule has 0 amide bonds. The number of fused-ring (bicyclic) bond motifs is 3. The lowest BCUT2D eigenvalue weighted by atomic mass is 9.43. The smallest absolute Gasteiger partial charge is 0.315 e. The van der Waals surface area contributed by atoms with Gasteiger partial charge in [-0.25, -0.2) is 0 Å². The second kappa shape index (κ2) is 8.14. The van der Waals surface area contributed by atoms with Gasteiger partial charge < -0.3 is 24.1 Å². The first-order chi connectivity index (χ1) is 17.0. The normalized spacial score (nSPS) is 52.9. The highest BCUT2D eigenvalue weighted by Gasteiger charge is 2.84. The Balaban J connectivity index is 1.40. The van der Waals surface area contributed by atoms with Crippen LogP contribution in [0, 0.1) is 51.8 Å². The largest absolute Gasteiger partial charge is 0.481 e. The molecule has 2 aliphatic heterocycles. The van der Waals surface area contributed by atoms with Crippen molar-refractivity contribution in [3.8, 4) is 0 Å². The summed E-state index contributed by atoms with van der Waals surface area (Å²) in [5.74, 6) is -0.262. The van der Waals surface area contributed by atoms with Crippen molar-refractivity contribution in [1.29, 1.82) is 0 Å². The zero-order valence-electron chi connectivity index (χ0n) is 21.7. The predicted octanol–water partition coefficient (Wildman–Crippen LogP) is 4.85. The Hall–Kier alpha value is -1.21. The molecule has 198 valence electrons. The van der Waals surface area contributed by atoms with Crippen LogP contribution in [0.2, 0.25) is 0 Å². The van der Waals surface area contributed by atoms with Gasteiger partial charge in [0.25, 0.3) is 0 Å². The van der Waals surface area contributed by atoms with Crippen LogP contribution in [-0.4, -0.2) is 54.5 Å². The second-order valence-electron chi connectivity index (χ2n) is 12.9. The maximum atomic E-state index is 13.6. The van der Waals surface area contributed by atoms with Gasteiger partial charge in [-0.15, -0.1) is 11.6 Å². The monoisotopic (exact) mass is 518 g/mol. The molecule has 3 saturated carbocycles. The Bertz CT molecular complexity index is 1020. The van der Waals surface area contributed by atoms with E-state index in [4.69, 9.17) is 25.8 Å². The summed E-state index contributed by atoms with van der Waals surface area (Å²) in [6, 6.07) is 0. The van der Waals surface area contributed by atoms with Crippen LogP contribution in [0.25, 0.3) is 0 Å². The molecule has 2 heterocycles. The van der Waals surface area contributed by atoms with Crippen LogP contribution >= 0.6 is 11.6 Å². The Morgan fingerprint density at radius 2 is 2.08 bits per heavy atom. The molecule has 1 N–H and O–H groups in total. The van der Waals surface area contributed by atoms with Gasteiger partial charge in [0.15, 0.2) is 6.29 Å². The molecule has 0 aromatic heterocycles. The molecular formula is C29H39ClO6. The molecule has 4 bridgehead atoms. The van der Waals surface area contributed by atoms with Crippen molar-refractivity contribution < 1.29 is 28.9 Å². The van der Waals surface area contributed by atoms with Gasteiger partial charge in [-0.2, -0.15) is 0 Å². The lowest BCUT2D eigenvalue weighted by Gasteiger charge is -2.58. The van der Waals surface area contributed by atoms with Gasteiger partial charge in [-0.05, 0) is 61.3 Å². The fourth-order valence-electron chi connectivity index (χ4n) is 9.92. The van der Waals surface area contributed by atoms with Crippen LogP contribution in [-0.2, 0) is 23.8 Å². The number of aliphatic carboxylic acids is 1. The Labute approximate surface area is 218 Å². The number of hydrogen-bond donors (Lipinski definition) is 1. The Morgan fingerprint density at radius 3 is 2.75 bits per heavy atom. The van der Waals surface area contributed by atoms with Gasteiger partial charge in [-0.3, -0.25) is 4.79 Å². The lowest BCUT2D eigenvalue weighted by molar-refractivity contribution is -0.248. The number of ether oxygens (including phenoxy) is 3. The van der Waals surface area contributed by atoms with Gasteiger partial charge >= 0.3 is 5.97 Å². The van der Waals surface area contributed by atoms with Gasteiger partial charge in [0.05, 0.1) is 30.8 Å². The highest BCUT2D eigenvalue weighted by Crippen LogP contribution is 2.82. The summed E-state index contributed by atoms with van der Waals surface area (Å²) in [5.41, 5.74) is -0.946. The van der Waals surface area contributed by atoms with Crippen LogP contribution < -0.4 is 0 Å². The first-order valence-corrected chi connectivity index (χ1v) is 14.1. The summed E-state index contributed by atoms with van der Waals surface area (Å²) in [6.07, 6.45) is 5.27. The number of halogens is 1. The number of carbonyl (C=O) groups is 2. The molecule has 36 heavy (non-hydrogen) atoms. The number of rotatable bonds is 6. The minimum Gasteiger partial charge on any atom is -0.481 e. The summed E-state index contributed by atoms with van der Waals surface area (Å²) >= 11 is 6.80. The Kier molecular flexibility index (Phi) is 5.68. The van der Waals surface area contributed by atoms with Crippen molar-refractivity contribution >= 4 is 23.9 Å². The van der Waals surface area contributed by atoms with E-state index in [0.29, 0.717) is 32.3 Å². The van der Waals surface area contributed by atoms with Crippen LogP contribution in [0.4, 0.5) is 0 Å². The van der Waals surface area contributed by atoms with E-state index in [1.165, 1.54) is 0 Å². The average molecular weight is 519 g/mol. The molecule has 6 rings (SSSR count). The Morgan fingerprint density at radius 1 is 1.33 bits per heavy atom. The van der Waals surface area contributed by atoms with E-state index in [1.807, 2.05) is 6.92 Å². The lowest BCUT2D eigenvalue weighted by Crippen LogP contribution is -2.63. The molecule has 5 fully saturated rings. The van der Waals surface area contributed by atoms with Crippen molar-refractivity contribution in [3.63, 3.8) is 0 Å². The third kappa shape index (κ3) is 2.80. The SMILES string of the molecule is C=C1COC2C(C)OC(OC[C@]34CC5C(C)C(Cl)CC5[C@@]5(C=O)CC3C=C(C(C)C)[C@@]45C(=O)O)CC12. The zero-order valence-corrected chi connectivity index (χ0v) is 22.5. The third-order valence-corrected chi connectivity index (χ3v) is 11.9. The number of allylic oxidation sites excluding steroid dienone is 1. The number of carboxylic acids is 1. The maximum Gasteiger partial charge on any atom is 0.315 e. The van der Waals surface area contributed by atoms with Gasteiger partial charge in [-0.1, -0.05) is 39.0 Å². The van der Waals surface area contributed by atoms with E-state index >= 15 is 0 Å². The number of alkyl halides is 1. The molecule has 4 aliphatic carbocycles. The molecule has 9 unspecified atom stereocenters. The molecule has 6 nitrogen and oxygen atoms in total. The van der Waals surface area contributed by atoms with Crippen LogP contribution in [0.5, 0.6) is 0 Å². The molecule has 0 spiro atoms. The van der Waals surface area contributed by atoms with Crippen molar-refractivity contribution in [2.45, 2.75) is 77.3 Å². The van der Waals surface area contributed by atoms with E-state index in [2.05, 4.69) is 33.4 Å². The topological polar surface area (TPSA) is 82.1 Å². The molecule has 12 atom stereocenters. The molecule has 0 aromatic carbocycles. The number of carboxylic acid groups (broad SMARTS) is 1.